The van der Waals surface area contributed by atoms with E-state index >= 15 is 0 Å². The number of nitrogens with zero attached hydrogens (tertiary/aromatic N) is 2. The molecule has 1 aromatic rings. The zero-order valence-corrected chi connectivity index (χ0v) is 13.2. The maximum atomic E-state index is 12.4. The number of hydrogen-bond acceptors (Lipinski definition) is 3. The summed E-state index contributed by atoms with van der Waals surface area (Å²) >= 11 is 0. The molecule has 0 N–H and O–H groups in total. The van der Waals surface area contributed by atoms with Crippen molar-refractivity contribution < 1.29 is 13.2 Å². The minimum Gasteiger partial charge on any atom is -0.340 e. The minimum absolute atomic E-state index is 0.000634. The van der Waals surface area contributed by atoms with Gasteiger partial charge in [0.25, 0.3) is 15.0 Å². The van der Waals surface area contributed by atoms with Crippen molar-refractivity contribution in [3.05, 3.63) is 18.0 Å². The molecule has 5 nitrogen and oxygen atoms in total. The summed E-state index contributed by atoms with van der Waals surface area (Å²) in [4.78, 5) is 14.0. The van der Waals surface area contributed by atoms with E-state index in [2.05, 4.69) is 0 Å². The standard InChI is InChI=1S/C13H19ClN2O3S/c1-3-7-15(2)13(17)12-8-11(20(14,18)19)9-16(12)10-5-4-6-10/h8-10H,3-7H2,1-2H3. The van der Waals surface area contributed by atoms with Crippen LogP contribution in [0.1, 0.15) is 49.1 Å². The van der Waals surface area contributed by atoms with Crippen LogP contribution in [-0.4, -0.2) is 37.4 Å². The molecule has 1 amide bonds. The lowest BCUT2D eigenvalue weighted by molar-refractivity contribution is 0.0778. The van der Waals surface area contributed by atoms with Gasteiger partial charge in [-0.15, -0.1) is 0 Å². The minimum atomic E-state index is -3.81. The molecule has 0 bridgehead atoms. The molecule has 1 aromatic heterocycles. The van der Waals surface area contributed by atoms with Gasteiger partial charge >= 0.3 is 0 Å². The molecule has 1 heterocycles. The predicted octanol–water partition coefficient (Wildman–Crippen LogP) is 2.62. The lowest BCUT2D eigenvalue weighted by Crippen LogP contribution is -2.31. The highest BCUT2D eigenvalue weighted by Crippen LogP contribution is 2.35. The van der Waals surface area contributed by atoms with Gasteiger partial charge in [-0.25, -0.2) is 8.42 Å². The number of amides is 1. The summed E-state index contributed by atoms with van der Waals surface area (Å²) in [5.41, 5.74) is 0.407. The lowest BCUT2D eigenvalue weighted by atomic mass is 9.93. The van der Waals surface area contributed by atoms with Crippen molar-refractivity contribution >= 4 is 25.6 Å². The van der Waals surface area contributed by atoms with E-state index in [9.17, 15) is 13.2 Å². The Kier molecular flexibility index (Phi) is 4.44. The fourth-order valence-electron chi connectivity index (χ4n) is 2.36. The zero-order valence-electron chi connectivity index (χ0n) is 11.7. The second-order valence-electron chi connectivity index (χ2n) is 5.22. The molecule has 1 fully saturated rings. The van der Waals surface area contributed by atoms with Gasteiger partial charge in [0, 0.05) is 36.5 Å². The number of rotatable bonds is 5. The Labute approximate surface area is 123 Å². The first kappa shape index (κ1) is 15.4. The first-order valence-corrected chi connectivity index (χ1v) is 9.07. The molecule has 0 unspecified atom stereocenters. The maximum Gasteiger partial charge on any atom is 0.270 e. The summed E-state index contributed by atoms with van der Waals surface area (Å²) in [6.45, 7) is 2.63. The molecule has 0 radical (unpaired) electrons. The Morgan fingerprint density at radius 1 is 1.50 bits per heavy atom. The third-order valence-corrected chi connectivity index (χ3v) is 5.02. The number of hydrogen-bond donors (Lipinski definition) is 0. The molecule has 7 heteroatoms. The Balaban J connectivity index is 2.39. The van der Waals surface area contributed by atoms with E-state index in [1.54, 1.807) is 16.5 Å². The molecule has 1 aliphatic rings. The SMILES string of the molecule is CCCN(C)C(=O)c1cc(S(=O)(=O)Cl)cn1C1CCC1. The molecule has 2 rings (SSSR count). The Morgan fingerprint density at radius 3 is 2.60 bits per heavy atom. The average Bonchev–Trinajstić information content (AvgIpc) is 2.70. The van der Waals surface area contributed by atoms with Crippen LogP contribution in [0.3, 0.4) is 0 Å². The molecular formula is C13H19ClN2O3S. The summed E-state index contributed by atoms with van der Waals surface area (Å²) in [6.07, 6.45) is 5.37. The van der Waals surface area contributed by atoms with Crippen LogP contribution in [0.5, 0.6) is 0 Å². The van der Waals surface area contributed by atoms with E-state index in [1.165, 1.54) is 12.3 Å². The van der Waals surface area contributed by atoms with Gasteiger partial charge in [-0.3, -0.25) is 4.79 Å². The first-order valence-electron chi connectivity index (χ1n) is 6.76. The summed E-state index contributed by atoms with van der Waals surface area (Å²) in [5, 5.41) is 0. The molecular weight excluding hydrogens is 300 g/mol. The van der Waals surface area contributed by atoms with Crippen molar-refractivity contribution in [3.63, 3.8) is 0 Å². The number of carbonyl (C=O) groups is 1. The van der Waals surface area contributed by atoms with Crippen LogP contribution in [0.4, 0.5) is 0 Å². The van der Waals surface area contributed by atoms with E-state index in [0.29, 0.717) is 12.2 Å². The van der Waals surface area contributed by atoms with Crippen molar-refractivity contribution in [2.75, 3.05) is 13.6 Å². The van der Waals surface area contributed by atoms with Crippen LogP contribution in [0.2, 0.25) is 0 Å². The van der Waals surface area contributed by atoms with Gasteiger partial charge in [0.05, 0.1) is 0 Å². The molecule has 0 aliphatic heterocycles. The van der Waals surface area contributed by atoms with Gasteiger partial charge in [0.2, 0.25) is 0 Å². The molecule has 112 valence electrons. The molecule has 0 spiro atoms. The highest BCUT2D eigenvalue weighted by atomic mass is 35.7. The monoisotopic (exact) mass is 318 g/mol. The van der Waals surface area contributed by atoms with Crippen LogP contribution in [0.25, 0.3) is 0 Å². The second-order valence-corrected chi connectivity index (χ2v) is 7.78. The van der Waals surface area contributed by atoms with E-state index < -0.39 is 9.05 Å². The van der Waals surface area contributed by atoms with Crippen LogP contribution in [0.15, 0.2) is 17.2 Å². The Hall–Kier alpha value is -1.01. The Bertz CT molecular complexity index is 605. The van der Waals surface area contributed by atoms with Gasteiger partial charge in [-0.1, -0.05) is 6.92 Å². The fourth-order valence-corrected chi connectivity index (χ4v) is 3.10. The van der Waals surface area contributed by atoms with E-state index in [4.69, 9.17) is 10.7 Å². The molecule has 0 atom stereocenters. The molecule has 1 aliphatic carbocycles. The molecule has 0 saturated heterocycles. The predicted molar refractivity (Wildman–Crippen MR) is 77.6 cm³/mol. The molecule has 20 heavy (non-hydrogen) atoms. The van der Waals surface area contributed by atoms with Gasteiger partial charge in [-0.2, -0.15) is 0 Å². The van der Waals surface area contributed by atoms with E-state index in [-0.39, 0.29) is 16.8 Å². The van der Waals surface area contributed by atoms with E-state index in [1.807, 2.05) is 6.92 Å². The fraction of sp³-hybridized carbons (Fsp3) is 0.615. The largest absolute Gasteiger partial charge is 0.340 e. The molecule has 0 aromatic carbocycles. The number of halogens is 1. The van der Waals surface area contributed by atoms with Gasteiger partial charge < -0.3 is 9.47 Å². The van der Waals surface area contributed by atoms with Gasteiger partial charge in [-0.05, 0) is 31.7 Å². The summed E-state index contributed by atoms with van der Waals surface area (Å²) in [5.74, 6) is -0.162. The Morgan fingerprint density at radius 2 is 2.15 bits per heavy atom. The third-order valence-electron chi connectivity index (χ3n) is 3.70. The molecule has 1 saturated carbocycles. The van der Waals surface area contributed by atoms with E-state index in [0.717, 1.165) is 25.7 Å². The van der Waals surface area contributed by atoms with Crippen LogP contribution >= 0.6 is 10.7 Å². The van der Waals surface area contributed by atoms with Crippen molar-refractivity contribution in [1.29, 1.82) is 0 Å². The first-order chi connectivity index (χ1) is 9.34. The smallest absolute Gasteiger partial charge is 0.270 e. The topological polar surface area (TPSA) is 59.4 Å². The van der Waals surface area contributed by atoms with Crippen molar-refractivity contribution in [2.24, 2.45) is 0 Å². The number of aromatic nitrogens is 1. The highest BCUT2D eigenvalue weighted by molar-refractivity contribution is 8.13. The van der Waals surface area contributed by atoms with Crippen LogP contribution in [0, 0.1) is 0 Å². The third kappa shape index (κ3) is 3.01. The van der Waals surface area contributed by atoms with Crippen molar-refractivity contribution in [3.8, 4) is 0 Å². The van der Waals surface area contributed by atoms with Crippen molar-refractivity contribution in [2.45, 2.75) is 43.5 Å². The summed E-state index contributed by atoms with van der Waals surface area (Å²) in [7, 11) is 3.30. The summed E-state index contributed by atoms with van der Waals surface area (Å²) in [6, 6.07) is 1.59. The number of carbonyl (C=O) groups excluding carboxylic acids is 1. The second kappa shape index (κ2) is 5.77. The highest BCUT2D eigenvalue weighted by Gasteiger charge is 2.28. The maximum absolute atomic E-state index is 12.4. The zero-order chi connectivity index (χ0) is 14.9. The van der Waals surface area contributed by atoms with Gasteiger partial charge in [0.1, 0.15) is 10.6 Å². The lowest BCUT2D eigenvalue weighted by Gasteiger charge is -2.29. The summed E-state index contributed by atoms with van der Waals surface area (Å²) < 4.78 is 24.7. The average molecular weight is 319 g/mol. The van der Waals surface area contributed by atoms with Gasteiger partial charge in [0.15, 0.2) is 0 Å². The van der Waals surface area contributed by atoms with Crippen LogP contribution < -0.4 is 0 Å². The van der Waals surface area contributed by atoms with Crippen molar-refractivity contribution in [1.82, 2.24) is 9.47 Å². The normalized spacial score (nSPS) is 15.9. The van der Waals surface area contributed by atoms with Crippen LogP contribution in [-0.2, 0) is 9.05 Å². The quantitative estimate of drug-likeness (QED) is 0.784.